The number of nitro groups is 1. The summed E-state index contributed by atoms with van der Waals surface area (Å²) in [4.78, 5) is 9.19. The summed E-state index contributed by atoms with van der Waals surface area (Å²) in [6.07, 6.45) is 0. The van der Waals surface area contributed by atoms with Crippen LogP contribution in [0.3, 0.4) is 0 Å². The van der Waals surface area contributed by atoms with E-state index in [1.165, 1.54) is 0 Å². The second-order valence-corrected chi connectivity index (χ2v) is 2.72. The van der Waals surface area contributed by atoms with Crippen LogP contribution in [-0.4, -0.2) is 4.92 Å². The molecule has 0 aliphatic rings. The van der Waals surface area contributed by atoms with Gasteiger partial charge >= 0.3 is 0 Å². The highest BCUT2D eigenvalue weighted by molar-refractivity contribution is 6.30. The predicted octanol–water partition coefficient (Wildman–Crippen LogP) is 2.39. The number of hydrogen-bond acceptors (Lipinski definition) is 2. The zero-order valence-corrected chi connectivity index (χ0v) is 7.02. The van der Waals surface area contributed by atoms with Gasteiger partial charge in [-0.1, -0.05) is 11.6 Å². The van der Waals surface area contributed by atoms with Gasteiger partial charge in [-0.05, 0) is 12.1 Å². The predicted molar refractivity (Wildman–Crippen MR) is 42.1 cm³/mol. The third kappa shape index (κ3) is 2.12. The lowest BCUT2D eigenvalue weighted by Crippen LogP contribution is -2.04. The lowest BCUT2D eigenvalue weighted by Gasteiger charge is -2.00. The van der Waals surface area contributed by atoms with Crippen LogP contribution >= 0.6 is 11.6 Å². The zero-order chi connectivity index (χ0) is 10.0. The van der Waals surface area contributed by atoms with Crippen LogP contribution in [0.4, 0.5) is 8.78 Å². The van der Waals surface area contributed by atoms with Crippen LogP contribution < -0.4 is 0 Å². The largest absolute Gasteiger partial charge is 0.264 e. The van der Waals surface area contributed by atoms with E-state index in [0.717, 1.165) is 12.1 Å². The average molecular weight is 208 g/mol. The molecule has 0 amide bonds. The van der Waals surface area contributed by atoms with E-state index < -0.39 is 28.7 Å². The Kier molecular flexibility index (Phi) is 2.77. The van der Waals surface area contributed by atoms with Crippen LogP contribution in [-0.2, 0) is 6.54 Å². The highest BCUT2D eigenvalue weighted by atomic mass is 35.5. The van der Waals surface area contributed by atoms with Gasteiger partial charge in [-0.3, -0.25) is 10.1 Å². The van der Waals surface area contributed by atoms with Crippen molar-refractivity contribution in [2.45, 2.75) is 6.54 Å². The molecule has 0 aliphatic carbocycles. The molecule has 0 unspecified atom stereocenters. The number of rotatable bonds is 2. The van der Waals surface area contributed by atoms with Gasteiger partial charge in [-0.2, -0.15) is 0 Å². The summed E-state index contributed by atoms with van der Waals surface area (Å²) < 4.78 is 25.7. The first-order valence-electron chi connectivity index (χ1n) is 3.26. The molecule has 0 N–H and O–H groups in total. The fourth-order valence-electron chi connectivity index (χ4n) is 0.843. The molecule has 0 atom stereocenters. The summed E-state index contributed by atoms with van der Waals surface area (Å²) in [5.74, 6) is -2.03. The van der Waals surface area contributed by atoms with Gasteiger partial charge < -0.3 is 0 Å². The normalized spacial score (nSPS) is 10.1. The summed E-state index contributed by atoms with van der Waals surface area (Å²) in [6, 6.07) is 1.90. The molecule has 1 aromatic carbocycles. The van der Waals surface area contributed by atoms with Crippen LogP contribution in [0.15, 0.2) is 12.1 Å². The van der Waals surface area contributed by atoms with Crippen LogP contribution in [0.2, 0.25) is 5.02 Å². The maximum Gasteiger partial charge on any atom is 0.234 e. The highest BCUT2D eigenvalue weighted by Gasteiger charge is 2.16. The average Bonchev–Trinajstić information content (AvgIpc) is 2.05. The first-order valence-corrected chi connectivity index (χ1v) is 3.64. The van der Waals surface area contributed by atoms with Gasteiger partial charge in [0.15, 0.2) is 5.82 Å². The maximum atomic E-state index is 12.9. The summed E-state index contributed by atoms with van der Waals surface area (Å²) in [5, 5.41) is 9.69. The molecule has 13 heavy (non-hydrogen) atoms. The Morgan fingerprint density at radius 2 is 2.08 bits per heavy atom. The molecule has 6 heteroatoms. The monoisotopic (exact) mass is 207 g/mol. The van der Waals surface area contributed by atoms with Crippen molar-refractivity contribution in [1.82, 2.24) is 0 Å². The van der Waals surface area contributed by atoms with Crippen molar-refractivity contribution < 1.29 is 13.7 Å². The highest BCUT2D eigenvalue weighted by Crippen LogP contribution is 2.21. The summed E-state index contributed by atoms with van der Waals surface area (Å²) in [7, 11) is 0. The Labute approximate surface area is 77.1 Å². The van der Waals surface area contributed by atoms with Crippen molar-refractivity contribution in [1.29, 1.82) is 0 Å². The second kappa shape index (κ2) is 3.66. The van der Waals surface area contributed by atoms with Crippen molar-refractivity contribution in [3.63, 3.8) is 0 Å². The third-order valence-corrected chi connectivity index (χ3v) is 1.72. The Bertz CT molecular complexity index is 357. The molecule has 0 heterocycles. The molecule has 0 saturated carbocycles. The van der Waals surface area contributed by atoms with Crippen molar-refractivity contribution in [3.8, 4) is 0 Å². The van der Waals surface area contributed by atoms with E-state index >= 15 is 0 Å². The maximum absolute atomic E-state index is 12.9. The smallest absolute Gasteiger partial charge is 0.234 e. The van der Waals surface area contributed by atoms with Gasteiger partial charge in [-0.15, -0.1) is 0 Å². The number of nitrogens with zero attached hydrogens (tertiary/aromatic N) is 1. The molecule has 70 valence electrons. The van der Waals surface area contributed by atoms with E-state index in [0.29, 0.717) is 0 Å². The lowest BCUT2D eigenvalue weighted by molar-refractivity contribution is -0.497. The van der Waals surface area contributed by atoms with Crippen molar-refractivity contribution >= 4 is 11.6 Å². The fraction of sp³-hybridized carbons (Fsp3) is 0.143. The van der Waals surface area contributed by atoms with Crippen LogP contribution in [0.1, 0.15) is 5.56 Å². The molecule has 0 aromatic heterocycles. The van der Waals surface area contributed by atoms with E-state index in [2.05, 4.69) is 0 Å². The second-order valence-electron chi connectivity index (χ2n) is 2.31. The molecule has 0 fully saturated rings. The number of hydrogen-bond donors (Lipinski definition) is 0. The molecule has 1 aromatic rings. The quantitative estimate of drug-likeness (QED) is 0.425. The van der Waals surface area contributed by atoms with Crippen LogP contribution in [0.25, 0.3) is 0 Å². The Morgan fingerprint density at radius 1 is 1.46 bits per heavy atom. The van der Waals surface area contributed by atoms with E-state index in [1.807, 2.05) is 0 Å². The van der Waals surface area contributed by atoms with Crippen molar-refractivity contribution in [2.75, 3.05) is 0 Å². The number of benzene rings is 1. The van der Waals surface area contributed by atoms with Crippen LogP contribution in [0.5, 0.6) is 0 Å². The Balaban J connectivity index is 3.17. The Hall–Kier alpha value is -1.23. The molecule has 0 aliphatic heterocycles. The van der Waals surface area contributed by atoms with Gasteiger partial charge in [-0.25, -0.2) is 8.78 Å². The molecule has 0 radical (unpaired) electrons. The molecular formula is C7H4ClF2NO2. The number of halogens is 3. The van der Waals surface area contributed by atoms with Crippen molar-refractivity contribution in [3.05, 3.63) is 44.5 Å². The van der Waals surface area contributed by atoms with E-state index in [4.69, 9.17) is 11.6 Å². The van der Waals surface area contributed by atoms with E-state index in [1.54, 1.807) is 0 Å². The summed E-state index contributed by atoms with van der Waals surface area (Å²) in [6.45, 7) is -0.905. The van der Waals surface area contributed by atoms with Crippen LogP contribution in [0, 0.1) is 21.7 Å². The molecule has 0 saturated heterocycles. The van der Waals surface area contributed by atoms with Gasteiger partial charge in [0.25, 0.3) is 0 Å². The molecule has 1 rings (SSSR count). The minimum Gasteiger partial charge on any atom is -0.264 e. The molecular weight excluding hydrogens is 204 g/mol. The Morgan fingerprint density at radius 3 is 2.62 bits per heavy atom. The standard InChI is InChI=1S/C7H4ClF2NO2/c8-5-1-2-6(9)4(7(5)10)3-11(12)13/h1-2H,3H2. The summed E-state index contributed by atoms with van der Waals surface area (Å²) in [5.41, 5.74) is -0.613. The lowest BCUT2D eigenvalue weighted by atomic mass is 10.2. The molecule has 0 spiro atoms. The van der Waals surface area contributed by atoms with Crippen molar-refractivity contribution in [2.24, 2.45) is 0 Å². The van der Waals surface area contributed by atoms with Gasteiger partial charge in [0, 0.05) is 4.92 Å². The minimum absolute atomic E-state index is 0.321. The summed E-state index contributed by atoms with van der Waals surface area (Å²) >= 11 is 5.30. The SMILES string of the molecule is O=[N+]([O-])Cc1c(F)ccc(Cl)c1F. The van der Waals surface area contributed by atoms with Gasteiger partial charge in [0.05, 0.1) is 10.6 Å². The molecule has 3 nitrogen and oxygen atoms in total. The van der Waals surface area contributed by atoms with E-state index in [9.17, 15) is 18.9 Å². The first kappa shape index (κ1) is 9.85. The fourth-order valence-corrected chi connectivity index (χ4v) is 1.02. The first-order chi connectivity index (χ1) is 6.02. The topological polar surface area (TPSA) is 43.1 Å². The minimum atomic E-state index is -1.07. The zero-order valence-electron chi connectivity index (χ0n) is 6.26. The van der Waals surface area contributed by atoms with Gasteiger partial charge in [0.2, 0.25) is 6.54 Å². The van der Waals surface area contributed by atoms with Gasteiger partial charge in [0.1, 0.15) is 5.82 Å². The third-order valence-electron chi connectivity index (χ3n) is 1.43. The molecule has 0 bridgehead atoms. The van der Waals surface area contributed by atoms with E-state index in [-0.39, 0.29) is 5.02 Å².